The molecule has 0 aliphatic carbocycles. The molecule has 0 unspecified atom stereocenters. The van der Waals surface area contributed by atoms with E-state index in [-0.39, 0.29) is 12.7 Å². The molecule has 33 heavy (non-hydrogen) atoms. The molecule has 0 saturated carbocycles. The van der Waals surface area contributed by atoms with Crippen LogP contribution in [0.2, 0.25) is 5.02 Å². The molecule has 1 amide bonds. The number of rotatable bonds is 7. The summed E-state index contributed by atoms with van der Waals surface area (Å²) >= 11 is 5.97. The molecule has 8 nitrogen and oxygen atoms in total. The summed E-state index contributed by atoms with van der Waals surface area (Å²) < 4.78 is 37.3. The van der Waals surface area contributed by atoms with Crippen molar-refractivity contribution in [2.45, 2.75) is 25.9 Å². The van der Waals surface area contributed by atoms with E-state index in [1.165, 1.54) is 4.31 Å². The molecule has 4 rings (SSSR count). The zero-order valence-electron chi connectivity index (χ0n) is 18.7. The van der Waals surface area contributed by atoms with Crippen molar-refractivity contribution in [2.75, 3.05) is 43.5 Å². The summed E-state index contributed by atoms with van der Waals surface area (Å²) in [7, 11) is -3.67. The third-order valence-corrected chi connectivity index (χ3v) is 7.35. The highest BCUT2D eigenvalue weighted by Gasteiger charge is 2.35. The number of amides is 1. The first-order valence-corrected chi connectivity index (χ1v) is 13.1. The van der Waals surface area contributed by atoms with Crippen molar-refractivity contribution in [1.29, 1.82) is 0 Å². The standard InChI is InChI=1S/C23H28ClN3O5S/c1-3-20(27(33(2,29)30)19-7-5-18(24)6-8-19)23(28)26-12-10-25(11-13-26)15-17-4-9-21-22(14-17)32-16-31-21/h4-9,14,20H,3,10-13,15-16H2,1-2H3/t20-/m0/s1. The Morgan fingerprint density at radius 2 is 1.73 bits per heavy atom. The Kier molecular flexibility index (Phi) is 7.02. The molecule has 0 spiro atoms. The van der Waals surface area contributed by atoms with Gasteiger partial charge in [-0.2, -0.15) is 0 Å². The van der Waals surface area contributed by atoms with Gasteiger partial charge in [0.1, 0.15) is 6.04 Å². The second-order valence-corrected chi connectivity index (χ2v) is 10.5. The maximum absolute atomic E-state index is 13.4. The lowest BCUT2D eigenvalue weighted by atomic mass is 10.1. The summed E-state index contributed by atoms with van der Waals surface area (Å²) in [4.78, 5) is 17.4. The molecule has 2 aromatic carbocycles. The minimum Gasteiger partial charge on any atom is -0.454 e. The third kappa shape index (κ3) is 5.37. The number of piperazine rings is 1. The van der Waals surface area contributed by atoms with Gasteiger partial charge in [0.2, 0.25) is 22.7 Å². The number of carbonyl (C=O) groups is 1. The van der Waals surface area contributed by atoms with Crippen LogP contribution >= 0.6 is 11.6 Å². The number of sulfonamides is 1. The van der Waals surface area contributed by atoms with Crippen LogP contribution in [0.15, 0.2) is 42.5 Å². The number of anilines is 1. The molecule has 1 saturated heterocycles. The van der Waals surface area contributed by atoms with Gasteiger partial charge in [-0.15, -0.1) is 0 Å². The van der Waals surface area contributed by atoms with Crippen LogP contribution in [0.5, 0.6) is 11.5 Å². The van der Waals surface area contributed by atoms with E-state index in [1.54, 1.807) is 29.2 Å². The molecule has 0 bridgehead atoms. The van der Waals surface area contributed by atoms with Crippen LogP contribution in [0.1, 0.15) is 18.9 Å². The van der Waals surface area contributed by atoms with Gasteiger partial charge in [0.05, 0.1) is 11.9 Å². The largest absolute Gasteiger partial charge is 0.454 e. The van der Waals surface area contributed by atoms with Crippen molar-refractivity contribution >= 4 is 33.2 Å². The summed E-state index contributed by atoms with van der Waals surface area (Å²) in [5.41, 5.74) is 1.56. The molecule has 0 N–H and O–H groups in total. The number of carbonyl (C=O) groups excluding carboxylic acids is 1. The lowest BCUT2D eigenvalue weighted by molar-refractivity contribution is -0.134. The molecule has 0 aromatic heterocycles. The number of hydrogen-bond acceptors (Lipinski definition) is 6. The van der Waals surface area contributed by atoms with Crippen LogP contribution < -0.4 is 13.8 Å². The molecule has 0 radical (unpaired) electrons. The summed E-state index contributed by atoms with van der Waals surface area (Å²) in [6.45, 7) is 5.31. The Balaban J connectivity index is 1.42. The number of halogens is 1. The topological polar surface area (TPSA) is 79.4 Å². The van der Waals surface area contributed by atoms with Gasteiger partial charge < -0.3 is 14.4 Å². The van der Waals surface area contributed by atoms with Crippen LogP contribution in [-0.2, 0) is 21.4 Å². The summed E-state index contributed by atoms with van der Waals surface area (Å²) in [6, 6.07) is 11.6. The van der Waals surface area contributed by atoms with Gasteiger partial charge in [-0.05, 0) is 48.4 Å². The molecular formula is C23H28ClN3O5S. The van der Waals surface area contributed by atoms with Crippen LogP contribution in [0, 0.1) is 0 Å². The molecule has 1 atom stereocenters. The van der Waals surface area contributed by atoms with Crippen LogP contribution in [0.3, 0.4) is 0 Å². The lowest BCUT2D eigenvalue weighted by Crippen LogP contribution is -2.55. The summed E-state index contributed by atoms with van der Waals surface area (Å²) in [5.74, 6) is 1.34. The van der Waals surface area contributed by atoms with E-state index in [1.807, 2.05) is 25.1 Å². The highest BCUT2D eigenvalue weighted by atomic mass is 35.5. The first-order chi connectivity index (χ1) is 15.8. The van der Waals surface area contributed by atoms with Crippen molar-refractivity contribution in [3.05, 3.63) is 53.1 Å². The normalized spacial score (nSPS) is 17.1. The molecule has 2 aliphatic rings. The number of benzene rings is 2. The zero-order chi connectivity index (χ0) is 23.6. The van der Waals surface area contributed by atoms with Gasteiger partial charge in [-0.3, -0.25) is 14.0 Å². The van der Waals surface area contributed by atoms with Gasteiger partial charge >= 0.3 is 0 Å². The van der Waals surface area contributed by atoms with E-state index >= 15 is 0 Å². The van der Waals surface area contributed by atoms with Gasteiger partial charge in [0.15, 0.2) is 11.5 Å². The number of fused-ring (bicyclic) bond motifs is 1. The zero-order valence-corrected chi connectivity index (χ0v) is 20.3. The molecule has 2 aliphatic heterocycles. The summed E-state index contributed by atoms with van der Waals surface area (Å²) in [5, 5.41) is 0.505. The molecule has 178 valence electrons. The van der Waals surface area contributed by atoms with Gasteiger partial charge in [0.25, 0.3) is 0 Å². The first-order valence-electron chi connectivity index (χ1n) is 10.9. The molecular weight excluding hydrogens is 466 g/mol. The average Bonchev–Trinajstić information content (AvgIpc) is 3.25. The quantitative estimate of drug-likeness (QED) is 0.590. The maximum atomic E-state index is 13.4. The molecule has 1 fully saturated rings. The van der Waals surface area contributed by atoms with Crippen molar-refractivity contribution in [3.63, 3.8) is 0 Å². The van der Waals surface area contributed by atoms with E-state index in [0.29, 0.717) is 43.3 Å². The van der Waals surface area contributed by atoms with Crippen molar-refractivity contribution in [1.82, 2.24) is 9.80 Å². The fraction of sp³-hybridized carbons (Fsp3) is 0.435. The van der Waals surface area contributed by atoms with E-state index < -0.39 is 16.1 Å². The van der Waals surface area contributed by atoms with Crippen molar-refractivity contribution in [3.8, 4) is 11.5 Å². The van der Waals surface area contributed by atoms with Gasteiger partial charge in [-0.25, -0.2) is 8.42 Å². The summed E-state index contributed by atoms with van der Waals surface area (Å²) in [6.07, 6.45) is 1.49. The van der Waals surface area contributed by atoms with E-state index in [4.69, 9.17) is 21.1 Å². The number of ether oxygens (including phenoxy) is 2. The Morgan fingerprint density at radius 1 is 1.06 bits per heavy atom. The Morgan fingerprint density at radius 3 is 2.36 bits per heavy atom. The van der Waals surface area contributed by atoms with Crippen LogP contribution in [0.25, 0.3) is 0 Å². The van der Waals surface area contributed by atoms with Gasteiger partial charge in [-0.1, -0.05) is 24.6 Å². The maximum Gasteiger partial charge on any atom is 0.246 e. The average molecular weight is 494 g/mol. The Labute approximate surface area is 199 Å². The fourth-order valence-corrected chi connectivity index (χ4v) is 5.60. The first kappa shape index (κ1) is 23.7. The van der Waals surface area contributed by atoms with Crippen molar-refractivity contribution in [2.24, 2.45) is 0 Å². The predicted octanol–water partition coefficient (Wildman–Crippen LogP) is 2.96. The number of nitrogens with zero attached hydrogens (tertiary/aromatic N) is 3. The van der Waals surface area contributed by atoms with E-state index in [0.717, 1.165) is 29.9 Å². The third-order valence-electron chi connectivity index (χ3n) is 5.92. The fourth-order valence-electron chi connectivity index (χ4n) is 4.27. The van der Waals surface area contributed by atoms with E-state index in [9.17, 15) is 13.2 Å². The molecule has 10 heteroatoms. The molecule has 2 aromatic rings. The second kappa shape index (κ2) is 9.79. The van der Waals surface area contributed by atoms with Crippen LogP contribution in [0.4, 0.5) is 5.69 Å². The Hall–Kier alpha value is -2.49. The van der Waals surface area contributed by atoms with Gasteiger partial charge in [0, 0.05) is 37.7 Å². The smallest absolute Gasteiger partial charge is 0.246 e. The second-order valence-electron chi connectivity index (χ2n) is 8.25. The number of hydrogen-bond donors (Lipinski definition) is 0. The highest BCUT2D eigenvalue weighted by molar-refractivity contribution is 7.92. The SMILES string of the molecule is CC[C@@H](C(=O)N1CCN(Cc2ccc3c(c2)OCO3)CC1)N(c1ccc(Cl)cc1)S(C)(=O)=O. The lowest BCUT2D eigenvalue weighted by Gasteiger charge is -2.39. The van der Waals surface area contributed by atoms with Crippen molar-refractivity contribution < 1.29 is 22.7 Å². The monoisotopic (exact) mass is 493 g/mol. The highest BCUT2D eigenvalue weighted by Crippen LogP contribution is 2.33. The minimum atomic E-state index is -3.67. The molecule has 2 heterocycles. The Bertz CT molecular complexity index is 1100. The predicted molar refractivity (Wildman–Crippen MR) is 127 cm³/mol. The van der Waals surface area contributed by atoms with Crippen LogP contribution in [-0.4, -0.2) is 69.4 Å². The van der Waals surface area contributed by atoms with E-state index in [2.05, 4.69) is 4.90 Å². The minimum absolute atomic E-state index is 0.180.